The van der Waals surface area contributed by atoms with E-state index in [-0.39, 0.29) is 5.97 Å². The lowest BCUT2D eigenvalue weighted by Crippen LogP contribution is -2.08. The summed E-state index contributed by atoms with van der Waals surface area (Å²) in [4.78, 5) is 11.9. The first-order chi connectivity index (χ1) is 9.72. The van der Waals surface area contributed by atoms with E-state index in [4.69, 9.17) is 4.74 Å². The molecule has 100 valence electrons. The van der Waals surface area contributed by atoms with Crippen LogP contribution in [-0.4, -0.2) is 17.6 Å². The van der Waals surface area contributed by atoms with E-state index < -0.39 is 0 Å². The normalized spacial score (nSPS) is 10.7. The molecule has 0 atom stereocenters. The monoisotopic (exact) mass is 265 g/mol. The van der Waals surface area contributed by atoms with Crippen LogP contribution >= 0.6 is 0 Å². The summed E-state index contributed by atoms with van der Waals surface area (Å²) in [6.45, 7) is 2.04. The number of hydrogen-bond donors (Lipinski definition) is 0. The highest BCUT2D eigenvalue weighted by Gasteiger charge is 2.15. The number of methoxy groups -OCH3 is 1. The number of benzene rings is 2. The second-order valence-corrected chi connectivity index (χ2v) is 4.69. The number of carbonyl (C=O) groups excluding carboxylic acids is 1. The van der Waals surface area contributed by atoms with Crippen LogP contribution in [0.1, 0.15) is 16.1 Å². The first-order valence-corrected chi connectivity index (χ1v) is 6.47. The first-order valence-electron chi connectivity index (χ1n) is 6.47. The molecular formula is C17H15NO2. The Kier molecular flexibility index (Phi) is 3.03. The number of aryl methyl sites for hydroxylation is 1. The molecule has 0 amide bonds. The first kappa shape index (κ1) is 12.5. The molecule has 1 aromatic heterocycles. The van der Waals surface area contributed by atoms with Gasteiger partial charge in [-0.1, -0.05) is 30.3 Å². The smallest absolute Gasteiger partial charge is 0.339 e. The van der Waals surface area contributed by atoms with Gasteiger partial charge in [0.25, 0.3) is 0 Å². The van der Waals surface area contributed by atoms with Crippen LogP contribution in [0.5, 0.6) is 0 Å². The molecular weight excluding hydrogens is 250 g/mol. The number of para-hydroxylation sites is 2. The zero-order valence-electron chi connectivity index (χ0n) is 11.5. The molecule has 3 rings (SSSR count). The van der Waals surface area contributed by atoms with Crippen LogP contribution in [0.25, 0.3) is 16.6 Å². The number of fused-ring (bicyclic) bond motifs is 1. The van der Waals surface area contributed by atoms with Crippen LogP contribution in [0, 0.1) is 6.92 Å². The second-order valence-electron chi connectivity index (χ2n) is 4.69. The van der Waals surface area contributed by atoms with Gasteiger partial charge < -0.3 is 9.30 Å². The molecule has 0 aliphatic heterocycles. The molecule has 3 heteroatoms. The molecule has 2 aromatic carbocycles. The maximum atomic E-state index is 11.9. The zero-order chi connectivity index (χ0) is 14.1. The summed E-state index contributed by atoms with van der Waals surface area (Å²) in [5, 5.41) is 1.16. The molecule has 20 heavy (non-hydrogen) atoms. The molecule has 0 unspecified atom stereocenters. The van der Waals surface area contributed by atoms with Gasteiger partial charge in [-0.2, -0.15) is 0 Å². The average molecular weight is 265 g/mol. The Morgan fingerprint density at radius 3 is 2.55 bits per heavy atom. The van der Waals surface area contributed by atoms with E-state index in [9.17, 15) is 4.79 Å². The summed E-state index contributed by atoms with van der Waals surface area (Å²) in [7, 11) is 1.40. The Balaban J connectivity index is 2.31. The van der Waals surface area contributed by atoms with E-state index in [2.05, 4.69) is 22.8 Å². The number of ether oxygens (including phenoxy) is 1. The SMILES string of the molecule is COC(=O)c1ccccc1-n1c(C)cc2ccccc21. The van der Waals surface area contributed by atoms with Crippen molar-refractivity contribution in [1.82, 2.24) is 4.57 Å². The van der Waals surface area contributed by atoms with Crippen molar-refractivity contribution in [2.45, 2.75) is 6.92 Å². The van der Waals surface area contributed by atoms with Gasteiger partial charge in [0.05, 0.1) is 23.9 Å². The molecule has 0 aliphatic rings. The van der Waals surface area contributed by atoms with Crippen molar-refractivity contribution in [3.8, 4) is 5.69 Å². The van der Waals surface area contributed by atoms with Crippen LogP contribution in [-0.2, 0) is 4.74 Å². The fraction of sp³-hybridized carbons (Fsp3) is 0.118. The van der Waals surface area contributed by atoms with Crippen molar-refractivity contribution in [2.24, 2.45) is 0 Å². The largest absolute Gasteiger partial charge is 0.465 e. The van der Waals surface area contributed by atoms with Crippen LogP contribution in [0.4, 0.5) is 0 Å². The molecule has 0 N–H and O–H groups in total. The van der Waals surface area contributed by atoms with Gasteiger partial charge >= 0.3 is 5.97 Å². The molecule has 0 aliphatic carbocycles. The standard InChI is InChI=1S/C17H15NO2/c1-12-11-13-7-3-5-9-15(13)18(12)16-10-6-4-8-14(16)17(19)20-2/h3-11H,1-2H3. The quantitative estimate of drug-likeness (QED) is 0.661. The molecule has 0 radical (unpaired) electrons. The van der Waals surface area contributed by atoms with Crippen molar-refractivity contribution < 1.29 is 9.53 Å². The minimum atomic E-state index is -0.321. The summed E-state index contributed by atoms with van der Waals surface area (Å²) >= 11 is 0. The molecule has 0 fully saturated rings. The Bertz CT molecular complexity index is 787. The van der Waals surface area contributed by atoms with Crippen molar-refractivity contribution in [3.63, 3.8) is 0 Å². The molecule has 0 bridgehead atoms. The average Bonchev–Trinajstić information content (AvgIpc) is 2.82. The lowest BCUT2D eigenvalue weighted by atomic mass is 10.1. The topological polar surface area (TPSA) is 31.2 Å². The maximum Gasteiger partial charge on any atom is 0.339 e. The second kappa shape index (κ2) is 4.85. The minimum absolute atomic E-state index is 0.321. The van der Waals surface area contributed by atoms with Crippen molar-refractivity contribution in [3.05, 3.63) is 65.9 Å². The van der Waals surface area contributed by atoms with Gasteiger partial charge in [0.1, 0.15) is 0 Å². The number of rotatable bonds is 2. The molecule has 0 saturated heterocycles. The highest BCUT2D eigenvalue weighted by atomic mass is 16.5. The highest BCUT2D eigenvalue weighted by molar-refractivity contribution is 5.95. The maximum absolute atomic E-state index is 11.9. The van der Waals surface area contributed by atoms with Gasteiger partial charge in [0, 0.05) is 11.1 Å². The third-order valence-electron chi connectivity index (χ3n) is 3.45. The molecule has 3 nitrogen and oxygen atoms in total. The third-order valence-corrected chi connectivity index (χ3v) is 3.45. The molecule has 0 spiro atoms. The van der Waals surface area contributed by atoms with E-state index in [1.54, 1.807) is 6.07 Å². The summed E-state index contributed by atoms with van der Waals surface area (Å²) in [5.41, 5.74) is 3.58. The number of carbonyl (C=O) groups is 1. The van der Waals surface area contributed by atoms with Gasteiger partial charge in [0.2, 0.25) is 0 Å². The van der Waals surface area contributed by atoms with Gasteiger partial charge in [-0.05, 0) is 31.2 Å². The van der Waals surface area contributed by atoms with E-state index in [1.807, 2.05) is 37.3 Å². The number of nitrogens with zero attached hydrogens (tertiary/aromatic N) is 1. The lowest BCUT2D eigenvalue weighted by Gasteiger charge is -2.12. The Morgan fingerprint density at radius 1 is 1.05 bits per heavy atom. The number of aromatic nitrogens is 1. The number of hydrogen-bond acceptors (Lipinski definition) is 2. The Morgan fingerprint density at radius 2 is 1.75 bits per heavy atom. The van der Waals surface area contributed by atoms with Gasteiger partial charge in [-0.15, -0.1) is 0 Å². The Labute approximate surface area is 117 Å². The highest BCUT2D eigenvalue weighted by Crippen LogP contribution is 2.26. The van der Waals surface area contributed by atoms with Gasteiger partial charge in [-0.3, -0.25) is 0 Å². The fourth-order valence-electron chi connectivity index (χ4n) is 2.56. The van der Waals surface area contributed by atoms with Crippen molar-refractivity contribution in [2.75, 3.05) is 7.11 Å². The van der Waals surface area contributed by atoms with Crippen LogP contribution in [0.15, 0.2) is 54.6 Å². The summed E-state index contributed by atoms with van der Waals surface area (Å²) in [5.74, 6) is -0.321. The zero-order valence-corrected chi connectivity index (χ0v) is 11.5. The predicted octanol–water partition coefficient (Wildman–Crippen LogP) is 3.73. The summed E-state index contributed by atoms with van der Waals surface area (Å²) < 4.78 is 6.96. The van der Waals surface area contributed by atoms with E-state index >= 15 is 0 Å². The van der Waals surface area contributed by atoms with Crippen LogP contribution < -0.4 is 0 Å². The minimum Gasteiger partial charge on any atom is -0.465 e. The van der Waals surface area contributed by atoms with E-state index in [0.29, 0.717) is 5.56 Å². The van der Waals surface area contributed by atoms with Crippen LogP contribution in [0.3, 0.4) is 0 Å². The Hall–Kier alpha value is -2.55. The van der Waals surface area contributed by atoms with Gasteiger partial charge in [-0.25, -0.2) is 4.79 Å². The van der Waals surface area contributed by atoms with E-state index in [1.165, 1.54) is 7.11 Å². The lowest BCUT2D eigenvalue weighted by molar-refractivity contribution is 0.0601. The van der Waals surface area contributed by atoms with Crippen LogP contribution in [0.2, 0.25) is 0 Å². The van der Waals surface area contributed by atoms with Crippen molar-refractivity contribution in [1.29, 1.82) is 0 Å². The fourth-order valence-corrected chi connectivity index (χ4v) is 2.56. The number of esters is 1. The van der Waals surface area contributed by atoms with E-state index in [0.717, 1.165) is 22.3 Å². The summed E-state index contributed by atoms with van der Waals surface area (Å²) in [6.07, 6.45) is 0. The van der Waals surface area contributed by atoms with Crippen molar-refractivity contribution >= 4 is 16.9 Å². The molecule has 0 saturated carbocycles. The molecule has 3 aromatic rings. The predicted molar refractivity (Wildman–Crippen MR) is 79.4 cm³/mol. The third kappa shape index (κ3) is 1.88. The molecule has 1 heterocycles. The summed E-state index contributed by atoms with van der Waals surface area (Å²) in [6, 6.07) is 17.7. The van der Waals surface area contributed by atoms with Gasteiger partial charge in [0.15, 0.2) is 0 Å².